The zero-order valence-electron chi connectivity index (χ0n) is 7.48. The molecule has 0 radical (unpaired) electrons. The van der Waals surface area contributed by atoms with Gasteiger partial charge in [0.2, 0.25) is 0 Å². The van der Waals surface area contributed by atoms with Gasteiger partial charge >= 0.3 is 0 Å². The number of hydrogen-bond donors (Lipinski definition) is 1. The number of anilines is 2. The Balaban J connectivity index is 2.25. The molecule has 0 spiro atoms. The fourth-order valence-electron chi connectivity index (χ4n) is 1.01. The summed E-state index contributed by atoms with van der Waals surface area (Å²) >= 11 is 9.13. The average Bonchev–Trinajstić information content (AvgIpc) is 2.24. The number of nitrogens with one attached hydrogen (secondary N) is 1. The van der Waals surface area contributed by atoms with Crippen molar-refractivity contribution in [3.8, 4) is 0 Å². The highest BCUT2D eigenvalue weighted by molar-refractivity contribution is 9.10. The third-order valence-electron chi connectivity index (χ3n) is 1.63. The Morgan fingerprint density at radius 3 is 2.60 bits per heavy atom. The molecular formula is C9H6BrClN4. The molecule has 0 saturated carbocycles. The number of aromatic nitrogens is 3. The van der Waals surface area contributed by atoms with Gasteiger partial charge in [0.1, 0.15) is 12.1 Å². The molecule has 4 nitrogen and oxygen atoms in total. The number of nitrogens with zero attached hydrogens (tertiary/aromatic N) is 3. The third-order valence-corrected chi connectivity index (χ3v) is 2.44. The summed E-state index contributed by atoms with van der Waals surface area (Å²) in [7, 11) is 0. The second-order valence-electron chi connectivity index (χ2n) is 2.74. The molecule has 0 saturated heterocycles. The standard InChI is InChI=1S/C9H6BrClN4/c10-8-1-6(11)2-14-9(8)15-7-3-12-5-13-4-7/h1-5H,(H,14,15). The lowest BCUT2D eigenvalue weighted by Gasteiger charge is -2.06. The van der Waals surface area contributed by atoms with Crippen molar-refractivity contribution in [1.29, 1.82) is 0 Å². The predicted octanol–water partition coefficient (Wildman–Crippen LogP) is 3.03. The zero-order chi connectivity index (χ0) is 10.7. The van der Waals surface area contributed by atoms with E-state index in [1.807, 2.05) is 0 Å². The quantitative estimate of drug-likeness (QED) is 0.921. The van der Waals surface area contributed by atoms with E-state index in [9.17, 15) is 0 Å². The smallest absolute Gasteiger partial charge is 0.144 e. The summed E-state index contributed by atoms with van der Waals surface area (Å²) in [6.45, 7) is 0. The summed E-state index contributed by atoms with van der Waals surface area (Å²) in [5.74, 6) is 0.675. The molecule has 2 aromatic rings. The van der Waals surface area contributed by atoms with E-state index in [4.69, 9.17) is 11.6 Å². The second-order valence-corrected chi connectivity index (χ2v) is 4.03. The van der Waals surface area contributed by atoms with Crippen LogP contribution in [0.4, 0.5) is 11.5 Å². The van der Waals surface area contributed by atoms with Crippen molar-refractivity contribution in [2.75, 3.05) is 5.32 Å². The largest absolute Gasteiger partial charge is 0.337 e. The first kappa shape index (κ1) is 10.3. The van der Waals surface area contributed by atoms with Crippen LogP contribution in [0.5, 0.6) is 0 Å². The van der Waals surface area contributed by atoms with Gasteiger partial charge in [-0.25, -0.2) is 15.0 Å². The van der Waals surface area contributed by atoms with Crippen LogP contribution in [0.3, 0.4) is 0 Å². The first-order chi connectivity index (χ1) is 7.25. The van der Waals surface area contributed by atoms with Crippen LogP contribution in [-0.2, 0) is 0 Å². The van der Waals surface area contributed by atoms with Gasteiger partial charge < -0.3 is 5.32 Å². The predicted molar refractivity (Wildman–Crippen MR) is 62.3 cm³/mol. The second kappa shape index (κ2) is 4.55. The normalized spacial score (nSPS) is 10.0. The monoisotopic (exact) mass is 284 g/mol. The summed E-state index contributed by atoms with van der Waals surface area (Å²) in [5, 5.41) is 3.64. The molecule has 0 unspecified atom stereocenters. The van der Waals surface area contributed by atoms with Crippen LogP contribution in [0.1, 0.15) is 0 Å². The van der Waals surface area contributed by atoms with E-state index in [0.29, 0.717) is 10.8 Å². The highest BCUT2D eigenvalue weighted by atomic mass is 79.9. The molecule has 0 aliphatic rings. The van der Waals surface area contributed by atoms with Crippen LogP contribution >= 0.6 is 27.5 Å². The molecule has 0 atom stereocenters. The molecule has 0 bridgehead atoms. The van der Waals surface area contributed by atoms with Crippen LogP contribution in [0.15, 0.2) is 35.5 Å². The van der Waals surface area contributed by atoms with Gasteiger partial charge in [0.15, 0.2) is 0 Å². The summed E-state index contributed by atoms with van der Waals surface area (Å²) in [6, 6.07) is 1.76. The van der Waals surface area contributed by atoms with Crippen molar-refractivity contribution < 1.29 is 0 Å². The van der Waals surface area contributed by atoms with E-state index < -0.39 is 0 Å². The van der Waals surface area contributed by atoms with E-state index in [-0.39, 0.29) is 0 Å². The SMILES string of the molecule is Clc1cnc(Nc2cncnc2)c(Br)c1. The van der Waals surface area contributed by atoms with Gasteiger partial charge in [0.05, 0.1) is 27.6 Å². The minimum Gasteiger partial charge on any atom is -0.337 e. The molecule has 76 valence electrons. The highest BCUT2D eigenvalue weighted by Gasteiger charge is 2.02. The van der Waals surface area contributed by atoms with Gasteiger partial charge in [0, 0.05) is 6.20 Å². The summed E-state index contributed by atoms with van der Waals surface area (Å²) < 4.78 is 0.791. The highest BCUT2D eigenvalue weighted by Crippen LogP contribution is 2.25. The van der Waals surface area contributed by atoms with Crippen molar-refractivity contribution >= 4 is 39.0 Å². The van der Waals surface area contributed by atoms with E-state index in [1.165, 1.54) is 6.33 Å². The van der Waals surface area contributed by atoms with Crippen molar-refractivity contribution in [2.45, 2.75) is 0 Å². The van der Waals surface area contributed by atoms with Crippen LogP contribution in [0.2, 0.25) is 5.02 Å². The molecule has 2 rings (SSSR count). The van der Waals surface area contributed by atoms with Crippen LogP contribution < -0.4 is 5.32 Å². The molecule has 0 aliphatic heterocycles. The Bertz CT molecular complexity index is 463. The topological polar surface area (TPSA) is 50.7 Å². The Morgan fingerprint density at radius 1 is 1.20 bits per heavy atom. The Kier molecular flexibility index (Phi) is 3.13. The molecule has 0 amide bonds. The molecule has 6 heteroatoms. The lowest BCUT2D eigenvalue weighted by molar-refractivity contribution is 1.16. The van der Waals surface area contributed by atoms with Crippen LogP contribution in [-0.4, -0.2) is 15.0 Å². The number of hydrogen-bond acceptors (Lipinski definition) is 4. The van der Waals surface area contributed by atoms with Crippen LogP contribution in [0.25, 0.3) is 0 Å². The lowest BCUT2D eigenvalue weighted by Crippen LogP contribution is -1.95. The van der Waals surface area contributed by atoms with E-state index in [2.05, 4.69) is 36.2 Å². The minimum atomic E-state index is 0.580. The maximum atomic E-state index is 5.77. The summed E-state index contributed by atoms with van der Waals surface area (Å²) in [6.07, 6.45) is 6.36. The van der Waals surface area contributed by atoms with Gasteiger partial charge in [-0.2, -0.15) is 0 Å². The Morgan fingerprint density at radius 2 is 1.93 bits per heavy atom. The molecule has 2 aromatic heterocycles. The Labute approximate surface area is 99.9 Å². The molecular weight excluding hydrogens is 279 g/mol. The maximum Gasteiger partial charge on any atom is 0.144 e. The summed E-state index contributed by atoms with van der Waals surface area (Å²) in [5.41, 5.74) is 0.771. The van der Waals surface area contributed by atoms with Crippen LogP contribution in [0, 0.1) is 0 Å². The van der Waals surface area contributed by atoms with Gasteiger partial charge in [-0.1, -0.05) is 11.6 Å². The molecule has 0 aliphatic carbocycles. The van der Waals surface area contributed by atoms with Gasteiger partial charge in [-0.05, 0) is 22.0 Å². The van der Waals surface area contributed by atoms with Gasteiger partial charge in [-0.15, -0.1) is 0 Å². The van der Waals surface area contributed by atoms with Crippen molar-refractivity contribution in [1.82, 2.24) is 15.0 Å². The molecule has 0 aromatic carbocycles. The molecule has 1 N–H and O–H groups in total. The minimum absolute atomic E-state index is 0.580. The fourth-order valence-corrected chi connectivity index (χ4v) is 1.74. The molecule has 2 heterocycles. The third kappa shape index (κ3) is 2.64. The first-order valence-electron chi connectivity index (χ1n) is 4.09. The van der Waals surface area contributed by atoms with Gasteiger partial charge in [-0.3, -0.25) is 0 Å². The number of halogens is 2. The summed E-state index contributed by atoms with van der Waals surface area (Å²) in [4.78, 5) is 11.9. The molecule has 15 heavy (non-hydrogen) atoms. The van der Waals surface area contributed by atoms with Gasteiger partial charge in [0.25, 0.3) is 0 Å². The van der Waals surface area contributed by atoms with Crippen molar-refractivity contribution in [3.05, 3.63) is 40.5 Å². The first-order valence-corrected chi connectivity index (χ1v) is 5.26. The van der Waals surface area contributed by atoms with Crippen molar-refractivity contribution in [3.63, 3.8) is 0 Å². The zero-order valence-corrected chi connectivity index (χ0v) is 9.83. The number of rotatable bonds is 2. The van der Waals surface area contributed by atoms with E-state index >= 15 is 0 Å². The maximum absolute atomic E-state index is 5.77. The van der Waals surface area contributed by atoms with E-state index in [0.717, 1.165) is 10.2 Å². The van der Waals surface area contributed by atoms with Crippen molar-refractivity contribution in [2.24, 2.45) is 0 Å². The molecule has 0 fully saturated rings. The van der Waals surface area contributed by atoms with E-state index in [1.54, 1.807) is 24.7 Å². The number of pyridine rings is 1. The fraction of sp³-hybridized carbons (Fsp3) is 0. The average molecular weight is 286 g/mol. The lowest BCUT2D eigenvalue weighted by atomic mass is 10.4. The Hall–Kier alpha value is -1.20.